The van der Waals surface area contributed by atoms with Crippen molar-refractivity contribution in [1.29, 1.82) is 0 Å². The third kappa shape index (κ3) is 3.60. The molecule has 2 heterocycles. The van der Waals surface area contributed by atoms with Gasteiger partial charge in [-0.1, -0.05) is 16.8 Å². The SMILES string of the molecule is CCn1cc(Cl)cc1C(=O)NCCn1cc(C(=O)O)nn1. The molecule has 0 aliphatic heterocycles. The van der Waals surface area contributed by atoms with Crippen LogP contribution in [0.25, 0.3) is 0 Å². The van der Waals surface area contributed by atoms with Crippen molar-refractivity contribution in [2.75, 3.05) is 6.54 Å². The molecule has 2 aromatic rings. The number of nitrogens with one attached hydrogen (secondary N) is 1. The molecule has 0 saturated carbocycles. The van der Waals surface area contributed by atoms with Crippen molar-refractivity contribution in [3.8, 4) is 0 Å². The highest BCUT2D eigenvalue weighted by Gasteiger charge is 2.12. The van der Waals surface area contributed by atoms with E-state index in [1.807, 2.05) is 6.92 Å². The van der Waals surface area contributed by atoms with Crippen molar-refractivity contribution in [2.45, 2.75) is 20.0 Å². The molecule has 112 valence electrons. The van der Waals surface area contributed by atoms with Crippen LogP contribution in [0.4, 0.5) is 0 Å². The Morgan fingerprint density at radius 3 is 2.81 bits per heavy atom. The summed E-state index contributed by atoms with van der Waals surface area (Å²) in [5, 5.41) is 19.1. The highest BCUT2D eigenvalue weighted by molar-refractivity contribution is 6.31. The Hall–Kier alpha value is -2.35. The maximum Gasteiger partial charge on any atom is 0.358 e. The standard InChI is InChI=1S/C12H14ClN5O3/c1-2-17-6-8(13)5-10(17)11(19)14-3-4-18-7-9(12(20)21)15-16-18/h5-7H,2-4H2,1H3,(H,14,19)(H,20,21). The molecule has 21 heavy (non-hydrogen) atoms. The van der Waals surface area contributed by atoms with Gasteiger partial charge < -0.3 is 15.0 Å². The monoisotopic (exact) mass is 311 g/mol. The number of aryl methyl sites for hydroxylation is 1. The number of carboxylic acids is 1. The number of aromatic nitrogens is 4. The van der Waals surface area contributed by atoms with Gasteiger partial charge in [0.25, 0.3) is 5.91 Å². The van der Waals surface area contributed by atoms with Gasteiger partial charge in [0, 0.05) is 19.3 Å². The van der Waals surface area contributed by atoms with Gasteiger partial charge in [-0.3, -0.25) is 4.79 Å². The van der Waals surface area contributed by atoms with Gasteiger partial charge in [-0.2, -0.15) is 0 Å². The van der Waals surface area contributed by atoms with E-state index in [2.05, 4.69) is 15.6 Å². The Labute approximate surface area is 125 Å². The molecule has 0 spiro atoms. The third-order valence-electron chi connectivity index (χ3n) is 2.82. The molecule has 9 heteroatoms. The third-order valence-corrected chi connectivity index (χ3v) is 3.03. The van der Waals surface area contributed by atoms with Crippen LogP contribution in [0.15, 0.2) is 18.5 Å². The molecule has 8 nitrogen and oxygen atoms in total. The second-order valence-corrected chi connectivity index (χ2v) is 4.69. The van der Waals surface area contributed by atoms with Crippen LogP contribution in [0, 0.1) is 0 Å². The van der Waals surface area contributed by atoms with Crippen molar-refractivity contribution in [3.05, 3.63) is 34.9 Å². The Kier molecular flexibility index (Phi) is 4.59. The van der Waals surface area contributed by atoms with Crippen molar-refractivity contribution in [2.24, 2.45) is 0 Å². The predicted molar refractivity (Wildman–Crippen MR) is 74.4 cm³/mol. The molecule has 2 rings (SSSR count). The summed E-state index contributed by atoms with van der Waals surface area (Å²) in [5.74, 6) is -1.39. The molecule has 0 fully saturated rings. The summed E-state index contributed by atoms with van der Waals surface area (Å²) in [6.45, 7) is 3.18. The lowest BCUT2D eigenvalue weighted by atomic mass is 10.4. The van der Waals surface area contributed by atoms with Crippen molar-refractivity contribution < 1.29 is 14.7 Å². The molecule has 0 aliphatic carbocycles. The molecule has 1 amide bonds. The Morgan fingerprint density at radius 2 is 2.19 bits per heavy atom. The van der Waals surface area contributed by atoms with Crippen LogP contribution in [0.3, 0.4) is 0 Å². The van der Waals surface area contributed by atoms with E-state index in [0.29, 0.717) is 30.4 Å². The number of hydrogen-bond donors (Lipinski definition) is 2. The van der Waals surface area contributed by atoms with E-state index in [9.17, 15) is 9.59 Å². The van der Waals surface area contributed by atoms with E-state index >= 15 is 0 Å². The minimum absolute atomic E-state index is 0.132. The number of hydrogen-bond acceptors (Lipinski definition) is 4. The smallest absolute Gasteiger partial charge is 0.358 e. The average Bonchev–Trinajstić information content (AvgIpc) is 3.05. The van der Waals surface area contributed by atoms with E-state index in [1.165, 1.54) is 10.9 Å². The first-order valence-electron chi connectivity index (χ1n) is 6.28. The Morgan fingerprint density at radius 1 is 1.43 bits per heavy atom. The molecule has 0 atom stereocenters. The van der Waals surface area contributed by atoms with E-state index in [-0.39, 0.29) is 11.6 Å². The van der Waals surface area contributed by atoms with Gasteiger partial charge in [-0.15, -0.1) is 5.10 Å². The van der Waals surface area contributed by atoms with Crippen molar-refractivity contribution in [3.63, 3.8) is 0 Å². The summed E-state index contributed by atoms with van der Waals surface area (Å²) in [7, 11) is 0. The largest absolute Gasteiger partial charge is 0.476 e. The average molecular weight is 312 g/mol. The van der Waals surface area contributed by atoms with Gasteiger partial charge in [0.1, 0.15) is 5.69 Å². The van der Waals surface area contributed by atoms with Gasteiger partial charge in [0.2, 0.25) is 0 Å². The van der Waals surface area contributed by atoms with Gasteiger partial charge in [-0.25, -0.2) is 9.48 Å². The first-order chi connectivity index (χ1) is 10.0. The van der Waals surface area contributed by atoms with E-state index in [1.54, 1.807) is 16.8 Å². The predicted octanol–water partition coefficient (Wildman–Crippen LogP) is 0.881. The molecule has 2 aromatic heterocycles. The zero-order valence-corrected chi connectivity index (χ0v) is 12.0. The maximum atomic E-state index is 12.0. The van der Waals surface area contributed by atoms with Gasteiger partial charge >= 0.3 is 5.97 Å². The number of amides is 1. The van der Waals surface area contributed by atoms with Crippen LogP contribution in [0.2, 0.25) is 5.02 Å². The molecule has 2 N–H and O–H groups in total. The summed E-state index contributed by atoms with van der Waals surface area (Å²) in [5.41, 5.74) is 0.347. The fourth-order valence-electron chi connectivity index (χ4n) is 1.81. The number of aromatic carboxylic acids is 1. The maximum absolute atomic E-state index is 12.0. The number of carbonyl (C=O) groups excluding carboxylic acids is 1. The molecule has 0 saturated heterocycles. The zero-order chi connectivity index (χ0) is 15.4. The fourth-order valence-corrected chi connectivity index (χ4v) is 2.03. The fraction of sp³-hybridized carbons (Fsp3) is 0.333. The summed E-state index contributed by atoms with van der Waals surface area (Å²) < 4.78 is 3.10. The number of rotatable bonds is 6. The summed E-state index contributed by atoms with van der Waals surface area (Å²) in [6, 6.07) is 1.60. The van der Waals surface area contributed by atoms with Crippen LogP contribution in [0.1, 0.15) is 27.9 Å². The molecule has 0 unspecified atom stereocenters. The first kappa shape index (κ1) is 15.0. The molecule has 0 bridgehead atoms. The molecular weight excluding hydrogens is 298 g/mol. The van der Waals surface area contributed by atoms with Crippen LogP contribution in [0.5, 0.6) is 0 Å². The normalized spacial score (nSPS) is 10.6. The summed E-state index contributed by atoms with van der Waals surface area (Å²) in [6.07, 6.45) is 2.99. The van der Waals surface area contributed by atoms with Gasteiger partial charge in [0.05, 0.1) is 17.8 Å². The van der Waals surface area contributed by atoms with Crippen LogP contribution >= 0.6 is 11.6 Å². The van der Waals surface area contributed by atoms with Crippen LogP contribution in [-0.4, -0.2) is 43.1 Å². The van der Waals surface area contributed by atoms with E-state index < -0.39 is 5.97 Å². The minimum Gasteiger partial charge on any atom is -0.476 e. The van der Waals surface area contributed by atoms with Crippen molar-refractivity contribution in [1.82, 2.24) is 24.9 Å². The lowest BCUT2D eigenvalue weighted by molar-refractivity contribution is 0.0690. The highest BCUT2D eigenvalue weighted by atomic mass is 35.5. The molecule has 0 aromatic carbocycles. The van der Waals surface area contributed by atoms with Crippen molar-refractivity contribution >= 4 is 23.5 Å². The number of halogens is 1. The lowest BCUT2D eigenvalue weighted by Crippen LogP contribution is -2.29. The van der Waals surface area contributed by atoms with E-state index in [0.717, 1.165) is 0 Å². The van der Waals surface area contributed by atoms with Crippen LogP contribution < -0.4 is 5.32 Å². The topological polar surface area (TPSA) is 102 Å². The Balaban J connectivity index is 1.90. The summed E-state index contributed by atoms with van der Waals surface area (Å²) in [4.78, 5) is 22.7. The summed E-state index contributed by atoms with van der Waals surface area (Å²) >= 11 is 5.87. The quantitative estimate of drug-likeness (QED) is 0.824. The zero-order valence-electron chi connectivity index (χ0n) is 11.3. The highest BCUT2D eigenvalue weighted by Crippen LogP contribution is 2.13. The minimum atomic E-state index is -1.14. The van der Waals surface area contributed by atoms with Gasteiger partial charge in [0.15, 0.2) is 5.69 Å². The molecule has 0 aliphatic rings. The second-order valence-electron chi connectivity index (χ2n) is 4.26. The second kappa shape index (κ2) is 6.40. The van der Waals surface area contributed by atoms with Gasteiger partial charge in [-0.05, 0) is 13.0 Å². The number of carboxylic acid groups (broad SMARTS) is 1. The van der Waals surface area contributed by atoms with E-state index in [4.69, 9.17) is 16.7 Å². The molecular formula is C12H14ClN5O3. The number of carbonyl (C=O) groups is 2. The molecule has 0 radical (unpaired) electrons. The number of nitrogens with zero attached hydrogens (tertiary/aromatic N) is 4. The first-order valence-corrected chi connectivity index (χ1v) is 6.66. The Bertz CT molecular complexity index is 664. The lowest BCUT2D eigenvalue weighted by Gasteiger charge is -2.07. The van der Waals surface area contributed by atoms with Crippen LogP contribution in [-0.2, 0) is 13.1 Å².